The summed E-state index contributed by atoms with van der Waals surface area (Å²) in [6.45, 7) is 7.15. The van der Waals surface area contributed by atoms with Crippen LogP contribution in [-0.4, -0.2) is 38.6 Å². The molecule has 0 radical (unpaired) electrons. The predicted octanol–water partition coefficient (Wildman–Crippen LogP) is 4.03. The van der Waals surface area contributed by atoms with Gasteiger partial charge < -0.3 is 15.0 Å². The van der Waals surface area contributed by atoms with E-state index in [-0.39, 0.29) is 17.4 Å². The summed E-state index contributed by atoms with van der Waals surface area (Å²) in [6, 6.07) is 16.0. The van der Waals surface area contributed by atoms with E-state index >= 15 is 0 Å². The molecule has 0 fully saturated rings. The fourth-order valence-electron chi connectivity index (χ4n) is 2.92. The van der Waals surface area contributed by atoms with Gasteiger partial charge in [-0.05, 0) is 42.8 Å². The minimum Gasteiger partial charge on any atom is -0.496 e. The Bertz CT molecular complexity index is 731. The van der Waals surface area contributed by atoms with Crippen LogP contribution in [0.25, 0.3) is 0 Å². The molecule has 0 aromatic heterocycles. The molecule has 4 heteroatoms. The molecule has 2 rings (SSSR count). The zero-order valence-electron chi connectivity index (χ0n) is 16.7. The van der Waals surface area contributed by atoms with Crippen LogP contribution in [-0.2, 0) is 5.41 Å². The number of amides is 1. The molecule has 0 heterocycles. The average Bonchev–Trinajstić information content (AvgIpc) is 2.61. The van der Waals surface area contributed by atoms with Crippen molar-refractivity contribution in [3.63, 3.8) is 0 Å². The van der Waals surface area contributed by atoms with E-state index in [1.54, 1.807) is 19.2 Å². The summed E-state index contributed by atoms with van der Waals surface area (Å²) in [6.07, 6.45) is 0. The molecule has 1 amide bonds. The van der Waals surface area contributed by atoms with Gasteiger partial charge >= 0.3 is 0 Å². The van der Waals surface area contributed by atoms with Crippen molar-refractivity contribution in [2.75, 3.05) is 27.7 Å². The Morgan fingerprint density at radius 3 is 2.23 bits per heavy atom. The molecular weight excluding hydrogens is 324 g/mol. The van der Waals surface area contributed by atoms with Gasteiger partial charge in [-0.1, -0.05) is 57.2 Å². The number of likely N-dealkylation sites (N-methyl/N-ethyl adjacent to an activating group) is 1. The highest BCUT2D eigenvalue weighted by Gasteiger charge is 2.19. The largest absolute Gasteiger partial charge is 0.496 e. The zero-order chi connectivity index (χ0) is 19.3. The molecule has 4 nitrogen and oxygen atoms in total. The summed E-state index contributed by atoms with van der Waals surface area (Å²) < 4.78 is 5.28. The standard InChI is InChI=1S/C22H30N2O2/c1-22(2,3)17-13-11-16(12-14-17)19(24(4)5)15-23-21(25)18-9-7-8-10-20(18)26-6/h7-14,19H,15H2,1-6H3,(H,23,25). The Balaban J connectivity index is 2.12. The third kappa shape index (κ3) is 4.85. The highest BCUT2D eigenvalue weighted by molar-refractivity contribution is 5.96. The zero-order valence-corrected chi connectivity index (χ0v) is 16.7. The second-order valence-corrected chi connectivity index (χ2v) is 7.76. The van der Waals surface area contributed by atoms with Crippen LogP contribution in [0.3, 0.4) is 0 Å². The van der Waals surface area contributed by atoms with Gasteiger partial charge in [0.2, 0.25) is 0 Å². The summed E-state index contributed by atoms with van der Waals surface area (Å²) in [4.78, 5) is 14.7. The van der Waals surface area contributed by atoms with Crippen molar-refractivity contribution in [3.8, 4) is 5.75 Å². The number of nitrogens with zero attached hydrogens (tertiary/aromatic N) is 1. The smallest absolute Gasteiger partial charge is 0.255 e. The molecule has 0 spiro atoms. The number of hydrogen-bond acceptors (Lipinski definition) is 3. The Morgan fingerprint density at radius 1 is 1.08 bits per heavy atom. The van der Waals surface area contributed by atoms with Crippen molar-refractivity contribution in [2.24, 2.45) is 0 Å². The summed E-state index contributed by atoms with van der Waals surface area (Å²) in [5, 5.41) is 3.04. The van der Waals surface area contributed by atoms with E-state index in [9.17, 15) is 4.79 Å². The molecule has 0 saturated carbocycles. The van der Waals surface area contributed by atoms with Crippen molar-refractivity contribution in [1.82, 2.24) is 10.2 Å². The van der Waals surface area contributed by atoms with Crippen molar-refractivity contribution < 1.29 is 9.53 Å². The quantitative estimate of drug-likeness (QED) is 0.852. The number of rotatable bonds is 6. The first-order chi connectivity index (χ1) is 12.2. The molecule has 1 atom stereocenters. The predicted molar refractivity (Wildman–Crippen MR) is 107 cm³/mol. The van der Waals surface area contributed by atoms with Crippen molar-refractivity contribution in [2.45, 2.75) is 32.2 Å². The number of hydrogen-bond donors (Lipinski definition) is 1. The maximum Gasteiger partial charge on any atom is 0.255 e. The van der Waals surface area contributed by atoms with Crippen molar-refractivity contribution in [3.05, 3.63) is 65.2 Å². The van der Waals surface area contributed by atoms with Gasteiger partial charge in [-0.25, -0.2) is 0 Å². The molecule has 0 aliphatic carbocycles. The molecule has 26 heavy (non-hydrogen) atoms. The number of carbonyl (C=O) groups excluding carboxylic acids is 1. The number of ether oxygens (including phenoxy) is 1. The highest BCUT2D eigenvalue weighted by atomic mass is 16.5. The molecule has 0 aliphatic heterocycles. The van der Waals surface area contributed by atoms with E-state index in [1.807, 2.05) is 26.2 Å². The van der Waals surface area contributed by atoms with E-state index in [1.165, 1.54) is 11.1 Å². The number of nitrogens with one attached hydrogen (secondary N) is 1. The van der Waals surface area contributed by atoms with Gasteiger partial charge in [-0.3, -0.25) is 4.79 Å². The lowest BCUT2D eigenvalue weighted by Gasteiger charge is -2.26. The van der Waals surface area contributed by atoms with Crippen LogP contribution in [0.1, 0.15) is 48.3 Å². The minimum absolute atomic E-state index is 0.0997. The molecule has 0 saturated heterocycles. The third-order valence-electron chi connectivity index (χ3n) is 4.59. The first-order valence-electron chi connectivity index (χ1n) is 8.92. The Labute approximate surface area is 157 Å². The normalized spacial score (nSPS) is 12.7. The van der Waals surface area contributed by atoms with Crippen LogP contribution in [0.5, 0.6) is 5.75 Å². The van der Waals surface area contributed by atoms with Gasteiger partial charge in [0.05, 0.1) is 18.7 Å². The van der Waals surface area contributed by atoms with Gasteiger partial charge in [0.1, 0.15) is 5.75 Å². The number of carbonyl (C=O) groups is 1. The van der Waals surface area contributed by atoms with Crippen molar-refractivity contribution in [1.29, 1.82) is 0 Å². The number of methoxy groups -OCH3 is 1. The molecule has 2 aromatic carbocycles. The van der Waals surface area contributed by atoms with Gasteiger partial charge in [0.15, 0.2) is 0 Å². The second kappa shape index (κ2) is 8.37. The van der Waals surface area contributed by atoms with Crippen LogP contribution < -0.4 is 10.1 Å². The molecular formula is C22H30N2O2. The SMILES string of the molecule is COc1ccccc1C(=O)NCC(c1ccc(C(C)(C)C)cc1)N(C)C. The fraction of sp³-hybridized carbons (Fsp3) is 0.409. The van der Waals surface area contributed by atoms with Crippen LogP contribution in [0.15, 0.2) is 48.5 Å². The summed E-state index contributed by atoms with van der Waals surface area (Å²) in [5.74, 6) is 0.460. The van der Waals surface area contributed by atoms with Crippen LogP contribution in [0, 0.1) is 0 Å². The van der Waals surface area contributed by atoms with Gasteiger partial charge in [-0.15, -0.1) is 0 Å². The van der Waals surface area contributed by atoms with Crippen LogP contribution in [0.2, 0.25) is 0 Å². The Kier molecular flexibility index (Phi) is 6.43. The first-order valence-corrected chi connectivity index (χ1v) is 8.92. The molecule has 0 aliphatic rings. The van der Waals surface area contributed by atoms with Crippen LogP contribution in [0.4, 0.5) is 0 Å². The average molecular weight is 354 g/mol. The monoisotopic (exact) mass is 354 g/mol. The molecule has 1 N–H and O–H groups in total. The lowest BCUT2D eigenvalue weighted by molar-refractivity contribution is 0.0939. The molecule has 1 unspecified atom stereocenters. The molecule has 0 bridgehead atoms. The minimum atomic E-state index is -0.124. The third-order valence-corrected chi connectivity index (χ3v) is 4.59. The Hall–Kier alpha value is -2.33. The van der Waals surface area contributed by atoms with E-state index in [2.05, 4.69) is 55.3 Å². The molecule has 2 aromatic rings. The maximum absolute atomic E-state index is 12.6. The fourth-order valence-corrected chi connectivity index (χ4v) is 2.92. The lowest BCUT2D eigenvalue weighted by Crippen LogP contribution is -2.34. The first kappa shape index (κ1) is 20.0. The molecule has 140 valence electrons. The maximum atomic E-state index is 12.6. The number of para-hydroxylation sites is 1. The van der Waals surface area contributed by atoms with E-state index in [0.717, 1.165) is 0 Å². The second-order valence-electron chi connectivity index (χ2n) is 7.76. The summed E-state index contributed by atoms with van der Waals surface area (Å²) in [5.41, 5.74) is 3.17. The van der Waals surface area contributed by atoms with E-state index < -0.39 is 0 Å². The topological polar surface area (TPSA) is 41.6 Å². The summed E-state index contributed by atoms with van der Waals surface area (Å²) >= 11 is 0. The van der Waals surface area contributed by atoms with E-state index in [0.29, 0.717) is 17.9 Å². The van der Waals surface area contributed by atoms with Gasteiger partial charge in [-0.2, -0.15) is 0 Å². The van der Waals surface area contributed by atoms with Crippen LogP contribution >= 0.6 is 0 Å². The number of benzene rings is 2. The lowest BCUT2D eigenvalue weighted by atomic mass is 9.86. The summed E-state index contributed by atoms with van der Waals surface area (Å²) in [7, 11) is 5.63. The van der Waals surface area contributed by atoms with Gasteiger partial charge in [0, 0.05) is 6.54 Å². The highest BCUT2D eigenvalue weighted by Crippen LogP contribution is 2.25. The van der Waals surface area contributed by atoms with Crippen molar-refractivity contribution >= 4 is 5.91 Å². The van der Waals surface area contributed by atoms with E-state index in [4.69, 9.17) is 4.74 Å². The van der Waals surface area contributed by atoms with Gasteiger partial charge in [0.25, 0.3) is 5.91 Å². The Morgan fingerprint density at radius 2 is 1.69 bits per heavy atom.